The van der Waals surface area contributed by atoms with E-state index in [0.29, 0.717) is 0 Å². The maximum absolute atomic E-state index is 12.6. The number of hydrogen-bond donors (Lipinski definition) is 0. The molecule has 80 valence electrons. The van der Waals surface area contributed by atoms with E-state index in [1.54, 1.807) is 0 Å². The Balaban J connectivity index is 3.16. The molecule has 0 bridgehead atoms. The molecule has 5 heteroatoms. The van der Waals surface area contributed by atoms with Crippen LogP contribution in [0.2, 0.25) is 0 Å². The summed E-state index contributed by atoms with van der Waals surface area (Å²) in [5, 5.41) is 8.35. The van der Waals surface area contributed by atoms with Crippen LogP contribution < -0.4 is 0 Å². The minimum atomic E-state index is -4.38. The fourth-order valence-corrected chi connectivity index (χ4v) is 1.92. The summed E-state index contributed by atoms with van der Waals surface area (Å²) in [6.07, 6.45) is -4.19. The Morgan fingerprint density at radius 2 is 2.00 bits per heavy atom. The van der Waals surface area contributed by atoms with Crippen molar-refractivity contribution < 1.29 is 13.2 Å². The molecule has 0 spiro atoms. The lowest BCUT2D eigenvalue weighted by molar-refractivity contribution is -0.138. The lowest BCUT2D eigenvalue weighted by Gasteiger charge is -2.13. The maximum Gasteiger partial charge on any atom is 0.417 e. The van der Waals surface area contributed by atoms with E-state index in [-0.39, 0.29) is 22.9 Å². The van der Waals surface area contributed by atoms with Crippen LogP contribution in [0, 0.1) is 11.3 Å². The molecule has 0 aliphatic rings. The molecule has 0 radical (unpaired) electrons. The molecule has 1 rings (SSSR count). The number of nitriles is 1. The minimum absolute atomic E-state index is 0.0189. The molecule has 0 atom stereocenters. The Bertz CT molecular complexity index is 393. The Morgan fingerprint density at radius 1 is 1.33 bits per heavy atom. The van der Waals surface area contributed by atoms with E-state index in [0.717, 1.165) is 0 Å². The lowest BCUT2D eigenvalue weighted by Crippen LogP contribution is -2.10. The molecule has 0 saturated carbocycles. The molecule has 0 aromatic heterocycles. The zero-order valence-corrected chi connectivity index (χ0v) is 9.19. The average Bonchev–Trinajstić information content (AvgIpc) is 2.12. The summed E-state index contributed by atoms with van der Waals surface area (Å²) in [5.74, 6) is 0. The van der Waals surface area contributed by atoms with Crippen molar-refractivity contribution in [2.24, 2.45) is 0 Å². The number of aryl methyl sites for hydroxylation is 1. The number of alkyl halides is 3. The highest BCUT2D eigenvalue weighted by molar-refractivity contribution is 9.10. The molecular formula is C10H7BrF3N. The van der Waals surface area contributed by atoms with Crippen LogP contribution in [0.3, 0.4) is 0 Å². The molecule has 0 fully saturated rings. The van der Waals surface area contributed by atoms with Gasteiger partial charge < -0.3 is 0 Å². The van der Waals surface area contributed by atoms with E-state index in [9.17, 15) is 13.2 Å². The van der Waals surface area contributed by atoms with Crippen LogP contribution in [0.5, 0.6) is 0 Å². The first kappa shape index (κ1) is 12.1. The number of benzene rings is 1. The summed E-state index contributed by atoms with van der Waals surface area (Å²) < 4.78 is 37.9. The van der Waals surface area contributed by atoms with Crippen molar-refractivity contribution in [3.05, 3.63) is 33.8 Å². The number of nitrogens with zero attached hydrogens (tertiary/aromatic N) is 1. The Morgan fingerprint density at radius 3 is 2.53 bits per heavy atom. The molecule has 0 aliphatic heterocycles. The van der Waals surface area contributed by atoms with E-state index in [4.69, 9.17) is 5.26 Å². The molecule has 0 unspecified atom stereocenters. The van der Waals surface area contributed by atoms with Crippen LogP contribution >= 0.6 is 15.9 Å². The van der Waals surface area contributed by atoms with Crippen molar-refractivity contribution in [2.75, 3.05) is 0 Å². The van der Waals surface area contributed by atoms with Gasteiger partial charge in [-0.05, 0) is 18.1 Å². The Kier molecular flexibility index (Phi) is 3.75. The predicted octanol–water partition coefficient (Wildman–Crippen LogP) is 3.92. The smallest absolute Gasteiger partial charge is 0.198 e. The van der Waals surface area contributed by atoms with Crippen molar-refractivity contribution in [1.29, 1.82) is 5.26 Å². The van der Waals surface area contributed by atoms with E-state index in [2.05, 4.69) is 15.9 Å². The van der Waals surface area contributed by atoms with Crippen molar-refractivity contribution >= 4 is 15.9 Å². The highest BCUT2D eigenvalue weighted by atomic mass is 79.9. The van der Waals surface area contributed by atoms with Crippen LogP contribution in [-0.2, 0) is 12.6 Å². The first-order valence-corrected chi connectivity index (χ1v) is 4.97. The molecular weight excluding hydrogens is 271 g/mol. The quantitative estimate of drug-likeness (QED) is 0.804. The fraction of sp³-hybridized carbons (Fsp3) is 0.300. The third-order valence-corrected chi connectivity index (χ3v) is 2.55. The molecule has 0 heterocycles. The maximum atomic E-state index is 12.6. The highest BCUT2D eigenvalue weighted by Crippen LogP contribution is 2.37. The lowest BCUT2D eigenvalue weighted by atomic mass is 10.0. The molecule has 1 aromatic rings. The van der Waals surface area contributed by atoms with E-state index >= 15 is 0 Å². The second-order valence-corrected chi connectivity index (χ2v) is 3.78. The highest BCUT2D eigenvalue weighted by Gasteiger charge is 2.35. The second kappa shape index (κ2) is 4.67. The molecule has 15 heavy (non-hydrogen) atoms. The fourth-order valence-electron chi connectivity index (χ4n) is 1.29. The van der Waals surface area contributed by atoms with Gasteiger partial charge in [-0.3, -0.25) is 0 Å². The second-order valence-electron chi connectivity index (χ2n) is 2.93. The average molecular weight is 278 g/mol. The van der Waals surface area contributed by atoms with Gasteiger partial charge in [-0.25, -0.2) is 0 Å². The first-order chi connectivity index (χ1) is 6.96. The molecule has 1 aromatic carbocycles. The molecule has 0 N–H and O–H groups in total. The Hall–Kier alpha value is -1.02. The van der Waals surface area contributed by atoms with E-state index in [1.165, 1.54) is 18.2 Å². The summed E-state index contributed by atoms with van der Waals surface area (Å²) in [6.45, 7) is 0. The number of halogens is 4. The molecule has 0 aliphatic carbocycles. The van der Waals surface area contributed by atoms with Gasteiger partial charge in [0.1, 0.15) is 0 Å². The molecule has 1 nitrogen and oxygen atoms in total. The SMILES string of the molecule is N#CCCc1cccc(Br)c1C(F)(F)F. The minimum Gasteiger partial charge on any atom is -0.198 e. The van der Waals surface area contributed by atoms with Crippen LogP contribution in [0.15, 0.2) is 22.7 Å². The van der Waals surface area contributed by atoms with Gasteiger partial charge in [-0.15, -0.1) is 0 Å². The summed E-state index contributed by atoms with van der Waals surface area (Å²) in [6, 6.07) is 6.11. The van der Waals surface area contributed by atoms with Crippen LogP contribution in [0.4, 0.5) is 13.2 Å². The van der Waals surface area contributed by atoms with Crippen molar-refractivity contribution in [3.8, 4) is 6.07 Å². The van der Waals surface area contributed by atoms with Gasteiger partial charge in [0.05, 0.1) is 11.6 Å². The largest absolute Gasteiger partial charge is 0.417 e. The van der Waals surface area contributed by atoms with Gasteiger partial charge in [0, 0.05) is 10.9 Å². The van der Waals surface area contributed by atoms with Crippen LogP contribution in [0.25, 0.3) is 0 Å². The normalized spacial score (nSPS) is 11.1. The summed E-state index contributed by atoms with van der Waals surface area (Å²) in [7, 11) is 0. The van der Waals surface area contributed by atoms with Gasteiger partial charge >= 0.3 is 6.18 Å². The topological polar surface area (TPSA) is 23.8 Å². The zero-order chi connectivity index (χ0) is 11.5. The van der Waals surface area contributed by atoms with Gasteiger partial charge in [-0.2, -0.15) is 18.4 Å². The van der Waals surface area contributed by atoms with Crippen LogP contribution in [0.1, 0.15) is 17.5 Å². The monoisotopic (exact) mass is 277 g/mol. The molecule has 0 saturated heterocycles. The van der Waals surface area contributed by atoms with Gasteiger partial charge in [0.2, 0.25) is 0 Å². The summed E-state index contributed by atoms with van der Waals surface area (Å²) >= 11 is 2.87. The standard InChI is InChI=1S/C10H7BrF3N/c11-8-5-1-3-7(4-2-6-15)9(8)10(12,13)14/h1,3,5H,2,4H2. The first-order valence-electron chi connectivity index (χ1n) is 4.18. The van der Waals surface area contributed by atoms with E-state index < -0.39 is 11.7 Å². The summed E-state index contributed by atoms with van der Waals surface area (Å²) in [5.41, 5.74) is -0.529. The van der Waals surface area contributed by atoms with Gasteiger partial charge in [0.15, 0.2) is 0 Å². The third-order valence-electron chi connectivity index (χ3n) is 1.89. The number of hydrogen-bond acceptors (Lipinski definition) is 1. The third kappa shape index (κ3) is 2.96. The van der Waals surface area contributed by atoms with Gasteiger partial charge in [0.25, 0.3) is 0 Å². The molecule has 0 amide bonds. The Labute approximate surface area is 93.6 Å². The predicted molar refractivity (Wildman–Crippen MR) is 53.1 cm³/mol. The van der Waals surface area contributed by atoms with Crippen molar-refractivity contribution in [2.45, 2.75) is 19.0 Å². The van der Waals surface area contributed by atoms with Crippen molar-refractivity contribution in [1.82, 2.24) is 0 Å². The zero-order valence-electron chi connectivity index (χ0n) is 7.61. The number of rotatable bonds is 2. The van der Waals surface area contributed by atoms with Crippen LogP contribution in [-0.4, -0.2) is 0 Å². The summed E-state index contributed by atoms with van der Waals surface area (Å²) in [4.78, 5) is 0. The van der Waals surface area contributed by atoms with Gasteiger partial charge in [-0.1, -0.05) is 28.1 Å². The van der Waals surface area contributed by atoms with Crippen molar-refractivity contribution in [3.63, 3.8) is 0 Å². The van der Waals surface area contributed by atoms with E-state index in [1.807, 2.05) is 6.07 Å².